The smallest absolute Gasteiger partial charge is 0.227 e. The molecule has 2 unspecified atom stereocenters. The molecule has 0 aromatic carbocycles. The van der Waals surface area contributed by atoms with Gasteiger partial charge in [0.1, 0.15) is 5.60 Å². The van der Waals surface area contributed by atoms with Crippen LogP contribution >= 0.6 is 0 Å². The number of ether oxygens (including phenoxy) is 1. The Balaban J connectivity index is 1.75. The van der Waals surface area contributed by atoms with Gasteiger partial charge in [-0.15, -0.1) is 0 Å². The molecule has 2 atom stereocenters. The van der Waals surface area contributed by atoms with Crippen molar-refractivity contribution in [3.05, 3.63) is 11.7 Å². The van der Waals surface area contributed by atoms with Gasteiger partial charge in [-0.1, -0.05) is 18.5 Å². The molecule has 1 aliphatic carbocycles. The Kier molecular flexibility index (Phi) is 3.58. The fraction of sp³-hybridized carbons (Fsp3) is 0.857. The highest BCUT2D eigenvalue weighted by Gasteiger charge is 2.41. The van der Waals surface area contributed by atoms with Gasteiger partial charge in [0.2, 0.25) is 11.7 Å². The predicted molar refractivity (Wildman–Crippen MR) is 70.7 cm³/mol. The first-order valence-corrected chi connectivity index (χ1v) is 7.31. The third-order valence-corrected chi connectivity index (χ3v) is 4.55. The highest BCUT2D eigenvalue weighted by atomic mass is 16.5. The van der Waals surface area contributed by atoms with E-state index < -0.39 is 0 Å². The van der Waals surface area contributed by atoms with Crippen LogP contribution in [0, 0.1) is 11.8 Å². The van der Waals surface area contributed by atoms with Crippen molar-refractivity contribution in [2.45, 2.75) is 44.6 Å². The summed E-state index contributed by atoms with van der Waals surface area (Å²) in [4.78, 5) is 4.60. The lowest BCUT2D eigenvalue weighted by Gasteiger charge is -2.36. The average molecular weight is 265 g/mol. The quantitative estimate of drug-likeness (QED) is 0.900. The van der Waals surface area contributed by atoms with E-state index in [1.807, 2.05) is 0 Å². The van der Waals surface area contributed by atoms with Crippen LogP contribution < -0.4 is 5.32 Å². The summed E-state index contributed by atoms with van der Waals surface area (Å²) in [6, 6.07) is 0. The lowest BCUT2D eigenvalue weighted by atomic mass is 9.78. The Morgan fingerprint density at radius 3 is 2.95 bits per heavy atom. The van der Waals surface area contributed by atoms with Crippen LogP contribution in [0.25, 0.3) is 0 Å². The monoisotopic (exact) mass is 265 g/mol. The first-order chi connectivity index (χ1) is 9.22. The van der Waals surface area contributed by atoms with Gasteiger partial charge in [0.05, 0.1) is 0 Å². The highest BCUT2D eigenvalue weighted by molar-refractivity contribution is 5.05. The molecule has 5 heteroatoms. The zero-order valence-electron chi connectivity index (χ0n) is 11.8. The summed E-state index contributed by atoms with van der Waals surface area (Å²) < 4.78 is 11.2. The zero-order valence-corrected chi connectivity index (χ0v) is 11.8. The molecule has 2 fully saturated rings. The first kappa shape index (κ1) is 13.1. The second-order valence-corrected chi connectivity index (χ2v) is 6.14. The molecule has 106 valence electrons. The minimum Gasteiger partial charge on any atom is -0.370 e. The maximum Gasteiger partial charge on any atom is 0.227 e. The van der Waals surface area contributed by atoms with Crippen LogP contribution in [0.5, 0.6) is 0 Å². The summed E-state index contributed by atoms with van der Waals surface area (Å²) in [5.41, 5.74) is -0.322. The fourth-order valence-electron chi connectivity index (χ4n) is 3.25. The van der Waals surface area contributed by atoms with Crippen molar-refractivity contribution in [3.63, 3.8) is 0 Å². The van der Waals surface area contributed by atoms with Crippen LogP contribution in [0.4, 0.5) is 0 Å². The lowest BCUT2D eigenvalue weighted by Crippen LogP contribution is -2.43. The third kappa shape index (κ3) is 2.54. The first-order valence-electron chi connectivity index (χ1n) is 7.31. The average Bonchev–Trinajstić information content (AvgIpc) is 2.83. The van der Waals surface area contributed by atoms with Crippen LogP contribution in [0.15, 0.2) is 4.52 Å². The zero-order chi connectivity index (χ0) is 13.3. The van der Waals surface area contributed by atoms with Gasteiger partial charge < -0.3 is 14.6 Å². The van der Waals surface area contributed by atoms with E-state index in [9.17, 15) is 0 Å². The maximum atomic E-state index is 5.80. The van der Waals surface area contributed by atoms with E-state index in [1.165, 1.54) is 12.8 Å². The summed E-state index contributed by atoms with van der Waals surface area (Å²) in [5.74, 6) is 2.82. The van der Waals surface area contributed by atoms with E-state index in [0.717, 1.165) is 44.1 Å². The molecule has 1 aliphatic heterocycles. The highest BCUT2D eigenvalue weighted by Crippen LogP contribution is 2.41. The molecule has 2 heterocycles. The van der Waals surface area contributed by atoms with Gasteiger partial charge in [-0.2, -0.15) is 4.98 Å². The Hall–Kier alpha value is -0.940. The maximum absolute atomic E-state index is 5.80. The molecular formula is C14H23N3O2. The fourth-order valence-corrected chi connectivity index (χ4v) is 3.25. The van der Waals surface area contributed by atoms with Gasteiger partial charge in [0.15, 0.2) is 0 Å². The molecule has 5 nitrogen and oxygen atoms in total. The summed E-state index contributed by atoms with van der Waals surface area (Å²) in [7, 11) is 1.77. The summed E-state index contributed by atoms with van der Waals surface area (Å²) >= 11 is 0. The predicted octanol–water partition coefficient (Wildman–Crippen LogP) is 1.88. The minimum atomic E-state index is -0.322. The van der Waals surface area contributed by atoms with Gasteiger partial charge >= 0.3 is 0 Å². The van der Waals surface area contributed by atoms with E-state index in [-0.39, 0.29) is 5.60 Å². The molecule has 2 aliphatic rings. The largest absolute Gasteiger partial charge is 0.370 e. The van der Waals surface area contributed by atoms with Crippen molar-refractivity contribution >= 4 is 0 Å². The van der Waals surface area contributed by atoms with Crippen molar-refractivity contribution in [2.24, 2.45) is 11.8 Å². The molecule has 0 amide bonds. The molecule has 0 radical (unpaired) electrons. The van der Waals surface area contributed by atoms with E-state index in [4.69, 9.17) is 9.26 Å². The normalized spacial score (nSPS) is 32.2. The number of nitrogens with zero attached hydrogens (tertiary/aromatic N) is 2. The van der Waals surface area contributed by atoms with Gasteiger partial charge in [-0.05, 0) is 44.2 Å². The number of methoxy groups -OCH3 is 1. The number of aromatic nitrogens is 2. The second kappa shape index (κ2) is 5.21. The van der Waals surface area contributed by atoms with Crippen molar-refractivity contribution in [3.8, 4) is 0 Å². The molecule has 1 aromatic rings. The van der Waals surface area contributed by atoms with Crippen molar-refractivity contribution in [1.29, 1.82) is 0 Å². The molecule has 0 bridgehead atoms. The number of hydrogen-bond acceptors (Lipinski definition) is 5. The van der Waals surface area contributed by atoms with Gasteiger partial charge in [0, 0.05) is 13.5 Å². The summed E-state index contributed by atoms with van der Waals surface area (Å²) in [6.07, 6.45) is 5.32. The third-order valence-electron chi connectivity index (χ3n) is 4.55. The molecule has 1 aromatic heterocycles. The minimum absolute atomic E-state index is 0.322. The second-order valence-electron chi connectivity index (χ2n) is 6.14. The molecule has 3 rings (SSSR count). The molecular weight excluding hydrogens is 242 g/mol. The van der Waals surface area contributed by atoms with Crippen molar-refractivity contribution < 1.29 is 9.26 Å². The van der Waals surface area contributed by atoms with Crippen LogP contribution in [-0.4, -0.2) is 30.3 Å². The van der Waals surface area contributed by atoms with E-state index in [0.29, 0.717) is 11.8 Å². The number of hydrogen-bond donors (Lipinski definition) is 1. The van der Waals surface area contributed by atoms with Crippen LogP contribution in [0.3, 0.4) is 0 Å². The standard InChI is InChI=1S/C14H23N3O2/c1-10-4-3-5-14(7-10,18-2)13-16-12(19-17-13)6-11-8-15-9-11/h10-11,15H,3-9H2,1-2H3. The van der Waals surface area contributed by atoms with E-state index in [2.05, 4.69) is 22.4 Å². The number of rotatable bonds is 4. The van der Waals surface area contributed by atoms with E-state index in [1.54, 1.807) is 7.11 Å². The van der Waals surface area contributed by atoms with Crippen molar-refractivity contribution in [1.82, 2.24) is 15.5 Å². The van der Waals surface area contributed by atoms with E-state index >= 15 is 0 Å². The van der Waals surface area contributed by atoms with Crippen molar-refractivity contribution in [2.75, 3.05) is 20.2 Å². The van der Waals surface area contributed by atoms with Crippen LogP contribution in [0.1, 0.15) is 44.3 Å². The molecule has 19 heavy (non-hydrogen) atoms. The molecule has 1 saturated heterocycles. The summed E-state index contributed by atoms with van der Waals surface area (Å²) in [5, 5.41) is 7.46. The number of nitrogens with one attached hydrogen (secondary N) is 1. The SMILES string of the molecule is COC1(c2noc(CC3CNC3)n2)CCCC(C)C1. The van der Waals surface area contributed by atoms with Crippen LogP contribution in [0.2, 0.25) is 0 Å². The Morgan fingerprint density at radius 2 is 2.32 bits per heavy atom. The van der Waals surface area contributed by atoms with Crippen LogP contribution in [-0.2, 0) is 16.8 Å². The van der Waals surface area contributed by atoms with Gasteiger partial charge in [0.25, 0.3) is 0 Å². The van der Waals surface area contributed by atoms with Gasteiger partial charge in [-0.25, -0.2) is 0 Å². The summed E-state index contributed by atoms with van der Waals surface area (Å²) in [6.45, 7) is 4.39. The Bertz CT molecular complexity index is 430. The van der Waals surface area contributed by atoms with Gasteiger partial charge in [-0.3, -0.25) is 0 Å². The molecule has 1 saturated carbocycles. The Morgan fingerprint density at radius 1 is 1.47 bits per heavy atom. The Labute approximate surface area is 114 Å². The molecule has 1 N–H and O–H groups in total. The molecule has 0 spiro atoms. The topological polar surface area (TPSA) is 60.2 Å². The lowest BCUT2D eigenvalue weighted by molar-refractivity contribution is -0.0658.